The van der Waals surface area contributed by atoms with E-state index in [2.05, 4.69) is 47.6 Å². The molecule has 5 aliphatic rings. The van der Waals surface area contributed by atoms with E-state index in [1.807, 2.05) is 0 Å². The molecular formula is C30H48O4. The van der Waals surface area contributed by atoms with Gasteiger partial charge in [-0.1, -0.05) is 53.2 Å². The molecule has 0 aromatic rings. The number of allylic oxidation sites excluding steroid dienone is 2. The second-order valence-electron chi connectivity index (χ2n) is 14.6. The highest BCUT2D eigenvalue weighted by Crippen LogP contribution is 2.76. The molecular weight excluding hydrogens is 424 g/mol. The van der Waals surface area contributed by atoms with E-state index in [0.29, 0.717) is 17.8 Å². The Morgan fingerprint density at radius 2 is 1.59 bits per heavy atom. The Morgan fingerprint density at radius 3 is 2.21 bits per heavy atom. The lowest BCUT2D eigenvalue weighted by Gasteiger charge is -2.69. The molecule has 4 heteroatoms. The summed E-state index contributed by atoms with van der Waals surface area (Å²) >= 11 is 0. The standard InChI is InChI=1S/C30H48O4/c1-17(2)18-8-10-22-26(18,3)14-15-28(5)20-9-11-23-27(4,19(20)12-13-29(22,28)6)16-21(31)24(32)30(23,7)25(33)34/h12,17-18,20-24,31-32H,8-11,13-16H2,1-7H3,(H,33,34)/t18-,20+,21-,22-,23-,24+,26-,27-,28-,29+,30+/m1/s1. The highest BCUT2D eigenvalue weighted by molar-refractivity contribution is 5.76. The zero-order valence-electron chi connectivity index (χ0n) is 22.5. The van der Waals surface area contributed by atoms with Gasteiger partial charge in [-0.2, -0.15) is 0 Å². The van der Waals surface area contributed by atoms with Gasteiger partial charge in [0, 0.05) is 0 Å². The van der Waals surface area contributed by atoms with Gasteiger partial charge in [0.15, 0.2) is 0 Å². The normalized spacial score (nSPS) is 56.7. The summed E-state index contributed by atoms with van der Waals surface area (Å²) in [6.07, 6.45) is 8.85. The van der Waals surface area contributed by atoms with E-state index >= 15 is 0 Å². The van der Waals surface area contributed by atoms with Crippen LogP contribution in [0, 0.1) is 56.7 Å². The molecule has 0 aromatic carbocycles. The summed E-state index contributed by atoms with van der Waals surface area (Å²) in [6, 6.07) is 0. The van der Waals surface area contributed by atoms with Crippen LogP contribution in [0.25, 0.3) is 0 Å². The number of carboxylic acid groups (broad SMARTS) is 1. The van der Waals surface area contributed by atoms with Crippen molar-refractivity contribution in [1.82, 2.24) is 0 Å². The highest BCUT2D eigenvalue weighted by Gasteiger charge is 2.70. The Morgan fingerprint density at radius 1 is 0.941 bits per heavy atom. The molecule has 192 valence electrons. The van der Waals surface area contributed by atoms with Crippen LogP contribution in [0.1, 0.15) is 99.8 Å². The summed E-state index contributed by atoms with van der Waals surface area (Å²) in [4.78, 5) is 12.5. The molecule has 11 atom stereocenters. The average molecular weight is 473 g/mol. The minimum atomic E-state index is -1.32. The largest absolute Gasteiger partial charge is 0.481 e. The molecule has 5 aliphatic carbocycles. The monoisotopic (exact) mass is 472 g/mol. The van der Waals surface area contributed by atoms with E-state index in [0.717, 1.165) is 37.0 Å². The van der Waals surface area contributed by atoms with Gasteiger partial charge in [0.2, 0.25) is 0 Å². The summed E-state index contributed by atoms with van der Waals surface area (Å²) in [5.41, 5.74) is 0.578. The van der Waals surface area contributed by atoms with Crippen LogP contribution in [0.5, 0.6) is 0 Å². The maximum atomic E-state index is 12.5. The van der Waals surface area contributed by atoms with Gasteiger partial charge in [0.25, 0.3) is 0 Å². The molecule has 4 saturated carbocycles. The van der Waals surface area contributed by atoms with Crippen LogP contribution in [0.4, 0.5) is 0 Å². The molecule has 3 N–H and O–H groups in total. The first-order valence-corrected chi connectivity index (χ1v) is 14.0. The smallest absolute Gasteiger partial charge is 0.312 e. The van der Waals surface area contributed by atoms with Crippen molar-refractivity contribution >= 4 is 5.97 Å². The Kier molecular flexibility index (Phi) is 5.36. The lowest BCUT2D eigenvalue weighted by atomic mass is 9.35. The van der Waals surface area contributed by atoms with Gasteiger partial charge in [-0.05, 0) is 110 Å². The van der Waals surface area contributed by atoms with Gasteiger partial charge in [-0.3, -0.25) is 4.79 Å². The van der Waals surface area contributed by atoms with Crippen LogP contribution in [0.15, 0.2) is 11.6 Å². The number of fused-ring (bicyclic) bond motifs is 7. The molecule has 4 nitrogen and oxygen atoms in total. The third kappa shape index (κ3) is 2.71. The molecule has 5 rings (SSSR count). The van der Waals surface area contributed by atoms with Crippen molar-refractivity contribution in [3.63, 3.8) is 0 Å². The number of hydrogen-bond donors (Lipinski definition) is 3. The fourth-order valence-electron chi connectivity index (χ4n) is 11.3. The molecule has 0 heterocycles. The van der Waals surface area contributed by atoms with E-state index in [9.17, 15) is 20.1 Å². The summed E-state index contributed by atoms with van der Waals surface area (Å²) in [7, 11) is 0. The maximum Gasteiger partial charge on any atom is 0.312 e. The van der Waals surface area contributed by atoms with Gasteiger partial charge in [0.1, 0.15) is 0 Å². The van der Waals surface area contributed by atoms with Gasteiger partial charge in [-0.15, -0.1) is 0 Å². The average Bonchev–Trinajstić information content (AvgIpc) is 3.11. The quantitative estimate of drug-likeness (QED) is 0.427. The minimum Gasteiger partial charge on any atom is -0.481 e. The van der Waals surface area contributed by atoms with Crippen molar-refractivity contribution in [3.8, 4) is 0 Å². The van der Waals surface area contributed by atoms with E-state index in [1.54, 1.807) is 6.92 Å². The van der Waals surface area contributed by atoms with Crippen molar-refractivity contribution in [2.75, 3.05) is 0 Å². The van der Waals surface area contributed by atoms with Gasteiger partial charge >= 0.3 is 5.97 Å². The van der Waals surface area contributed by atoms with Gasteiger partial charge < -0.3 is 15.3 Å². The van der Waals surface area contributed by atoms with Crippen molar-refractivity contribution < 1.29 is 20.1 Å². The van der Waals surface area contributed by atoms with Gasteiger partial charge in [0.05, 0.1) is 17.6 Å². The summed E-state index contributed by atoms with van der Waals surface area (Å²) < 4.78 is 0. The molecule has 0 unspecified atom stereocenters. The maximum absolute atomic E-state index is 12.5. The Balaban J connectivity index is 1.58. The second-order valence-corrected chi connectivity index (χ2v) is 14.6. The fourth-order valence-corrected chi connectivity index (χ4v) is 11.3. The summed E-state index contributed by atoms with van der Waals surface area (Å²) in [5.74, 6) is 1.59. The first-order chi connectivity index (χ1) is 15.7. The molecule has 0 bridgehead atoms. The van der Waals surface area contributed by atoms with Crippen molar-refractivity contribution in [3.05, 3.63) is 11.6 Å². The Bertz CT molecular complexity index is 909. The molecule has 0 amide bonds. The first kappa shape index (κ1) is 24.8. The topological polar surface area (TPSA) is 77.8 Å². The zero-order valence-corrected chi connectivity index (χ0v) is 22.5. The van der Waals surface area contributed by atoms with Crippen LogP contribution in [0.3, 0.4) is 0 Å². The van der Waals surface area contributed by atoms with E-state index < -0.39 is 23.6 Å². The number of aliphatic carboxylic acids is 1. The number of hydrogen-bond acceptors (Lipinski definition) is 3. The van der Waals surface area contributed by atoms with E-state index in [1.165, 1.54) is 31.3 Å². The number of rotatable bonds is 2. The van der Waals surface area contributed by atoms with Crippen LogP contribution >= 0.6 is 0 Å². The number of aliphatic hydroxyl groups is 2. The number of carbonyl (C=O) groups is 1. The summed E-state index contributed by atoms with van der Waals surface area (Å²) in [5, 5.41) is 32.0. The van der Waals surface area contributed by atoms with E-state index in [-0.39, 0.29) is 22.2 Å². The fraction of sp³-hybridized carbons (Fsp3) is 0.900. The Labute approximate surface area is 206 Å². The lowest BCUT2D eigenvalue weighted by Crippen LogP contribution is -2.66. The third-order valence-corrected chi connectivity index (χ3v) is 13.3. The summed E-state index contributed by atoms with van der Waals surface area (Å²) in [6.45, 7) is 16.4. The van der Waals surface area contributed by atoms with Crippen molar-refractivity contribution in [2.45, 2.75) is 112 Å². The molecule has 0 aromatic heterocycles. The minimum absolute atomic E-state index is 0.156. The second kappa shape index (κ2) is 7.34. The van der Waals surface area contributed by atoms with Crippen molar-refractivity contribution in [2.24, 2.45) is 56.7 Å². The zero-order chi connectivity index (χ0) is 25.1. The van der Waals surface area contributed by atoms with Crippen molar-refractivity contribution in [1.29, 1.82) is 0 Å². The number of carboxylic acids is 1. The van der Waals surface area contributed by atoms with Crippen LogP contribution < -0.4 is 0 Å². The third-order valence-electron chi connectivity index (χ3n) is 13.3. The van der Waals surface area contributed by atoms with Crippen LogP contribution in [0.2, 0.25) is 0 Å². The Hall–Kier alpha value is -0.870. The molecule has 0 spiro atoms. The molecule has 34 heavy (non-hydrogen) atoms. The first-order valence-electron chi connectivity index (χ1n) is 14.0. The molecule has 0 aliphatic heterocycles. The van der Waals surface area contributed by atoms with Crippen LogP contribution in [-0.4, -0.2) is 33.5 Å². The molecule has 0 radical (unpaired) electrons. The molecule has 4 fully saturated rings. The van der Waals surface area contributed by atoms with Gasteiger partial charge in [-0.25, -0.2) is 0 Å². The van der Waals surface area contributed by atoms with E-state index in [4.69, 9.17) is 0 Å². The highest BCUT2D eigenvalue weighted by atomic mass is 16.4. The lowest BCUT2D eigenvalue weighted by molar-refractivity contribution is -0.205. The SMILES string of the molecule is CC(C)[C@H]1CC[C@@H]2[C@]1(C)CC[C@]1(C)[C@H]3CC[C@H]4[C@](C)(C(=O)O)[C@@H](O)[C@H](O)C[C@]4(C)C3=CC[C@@]21C. The predicted molar refractivity (Wildman–Crippen MR) is 134 cm³/mol. The molecule has 0 saturated heterocycles. The predicted octanol–water partition coefficient (Wildman–Crippen LogP) is 6.06. The number of aliphatic hydroxyl groups excluding tert-OH is 2. The van der Waals surface area contributed by atoms with Crippen LogP contribution in [-0.2, 0) is 4.79 Å².